The first kappa shape index (κ1) is 15.9. The fraction of sp³-hybridized carbons (Fsp3) is 0.429. The predicted octanol–water partition coefficient (Wildman–Crippen LogP) is 3.18. The summed E-state index contributed by atoms with van der Waals surface area (Å²) in [4.78, 5) is 24.3. The highest BCUT2D eigenvalue weighted by molar-refractivity contribution is 5.93. The molecule has 0 spiro atoms. The molecule has 0 heterocycles. The van der Waals surface area contributed by atoms with Crippen molar-refractivity contribution in [3.8, 4) is 0 Å². The molecule has 0 fully saturated rings. The Morgan fingerprint density at radius 1 is 1.45 bits per heavy atom. The molecule has 1 aromatic carbocycles. The van der Waals surface area contributed by atoms with Gasteiger partial charge in [0.1, 0.15) is 5.82 Å². The van der Waals surface area contributed by atoms with Crippen LogP contribution in [0.3, 0.4) is 0 Å². The average Bonchev–Trinajstić information content (AvgIpc) is 2.40. The Hall–Kier alpha value is -2.11. The summed E-state index contributed by atoms with van der Waals surface area (Å²) < 4.78 is 13.6. The molecule has 5 nitrogen and oxygen atoms in total. The average molecular weight is 282 g/mol. The second-order valence-electron chi connectivity index (χ2n) is 4.68. The number of halogens is 1. The van der Waals surface area contributed by atoms with Gasteiger partial charge in [-0.25, -0.2) is 14.0 Å². The van der Waals surface area contributed by atoms with Crippen LogP contribution in [0.4, 0.5) is 14.9 Å². The maximum atomic E-state index is 13.6. The van der Waals surface area contributed by atoms with Gasteiger partial charge in [-0.1, -0.05) is 13.3 Å². The number of hydrogen-bond donors (Lipinski definition) is 2. The highest BCUT2D eigenvalue weighted by atomic mass is 19.1. The molecule has 1 rings (SSSR count). The van der Waals surface area contributed by atoms with E-state index < -0.39 is 17.8 Å². The first-order chi connectivity index (χ1) is 9.36. The molecule has 20 heavy (non-hydrogen) atoms. The summed E-state index contributed by atoms with van der Waals surface area (Å²) in [6, 6.07) is 2.83. The first-order valence-corrected chi connectivity index (χ1v) is 6.43. The molecule has 1 atom stereocenters. The number of anilines is 1. The van der Waals surface area contributed by atoms with E-state index >= 15 is 0 Å². The Morgan fingerprint density at radius 2 is 2.10 bits per heavy atom. The van der Waals surface area contributed by atoms with Crippen molar-refractivity contribution in [1.29, 1.82) is 0 Å². The van der Waals surface area contributed by atoms with Crippen LogP contribution in [0.2, 0.25) is 0 Å². The molecule has 0 aliphatic heterocycles. The Balaban J connectivity index is 2.84. The van der Waals surface area contributed by atoms with E-state index in [0.717, 1.165) is 31.0 Å². The molecule has 2 amide bonds. The monoisotopic (exact) mass is 282 g/mol. The van der Waals surface area contributed by atoms with E-state index in [4.69, 9.17) is 5.11 Å². The first-order valence-electron chi connectivity index (χ1n) is 6.43. The molecule has 0 aromatic heterocycles. The van der Waals surface area contributed by atoms with Crippen molar-refractivity contribution in [2.45, 2.75) is 32.7 Å². The Kier molecular flexibility index (Phi) is 5.49. The number of carbonyl (C=O) groups excluding carboxylic acids is 1. The fourth-order valence-electron chi connectivity index (χ4n) is 1.77. The van der Waals surface area contributed by atoms with Gasteiger partial charge in [-0.05, 0) is 31.5 Å². The third-order valence-electron chi connectivity index (χ3n) is 3.14. The molecule has 0 saturated carbocycles. The van der Waals surface area contributed by atoms with Gasteiger partial charge in [0.05, 0.1) is 11.3 Å². The topological polar surface area (TPSA) is 69.6 Å². The molecule has 0 saturated heterocycles. The normalized spacial score (nSPS) is 11.8. The van der Waals surface area contributed by atoms with E-state index in [1.54, 1.807) is 7.05 Å². The minimum atomic E-state index is -1.17. The van der Waals surface area contributed by atoms with E-state index in [1.807, 2.05) is 13.8 Å². The van der Waals surface area contributed by atoms with Crippen LogP contribution in [0.1, 0.15) is 37.0 Å². The molecule has 0 aliphatic carbocycles. The molecule has 0 aliphatic rings. The Labute approximate surface area is 117 Å². The Bertz CT molecular complexity index is 505. The lowest BCUT2D eigenvalue weighted by molar-refractivity contribution is 0.0697. The number of hydrogen-bond acceptors (Lipinski definition) is 2. The van der Waals surface area contributed by atoms with Crippen molar-refractivity contribution in [3.05, 3.63) is 29.6 Å². The minimum Gasteiger partial charge on any atom is -0.478 e. The third kappa shape index (κ3) is 3.94. The number of aromatic carboxylic acids is 1. The van der Waals surface area contributed by atoms with Crippen molar-refractivity contribution < 1.29 is 19.1 Å². The summed E-state index contributed by atoms with van der Waals surface area (Å²) in [6.07, 6.45) is 1.77. The summed E-state index contributed by atoms with van der Waals surface area (Å²) in [6.45, 7) is 3.91. The molecule has 6 heteroatoms. The van der Waals surface area contributed by atoms with Crippen LogP contribution >= 0.6 is 0 Å². The number of carboxylic acid groups (broad SMARTS) is 1. The lowest BCUT2D eigenvalue weighted by atomic mass is 10.2. The highest BCUT2D eigenvalue weighted by Gasteiger charge is 2.17. The molecular formula is C14H19FN2O3. The zero-order chi connectivity index (χ0) is 15.3. The van der Waals surface area contributed by atoms with Crippen molar-refractivity contribution in [2.24, 2.45) is 0 Å². The number of nitrogens with zero attached hydrogens (tertiary/aromatic N) is 1. The number of nitrogens with one attached hydrogen (secondary N) is 1. The van der Waals surface area contributed by atoms with E-state index in [-0.39, 0.29) is 17.3 Å². The lowest BCUT2D eigenvalue weighted by Gasteiger charge is -2.25. The zero-order valence-electron chi connectivity index (χ0n) is 11.8. The lowest BCUT2D eigenvalue weighted by Crippen LogP contribution is -2.38. The quantitative estimate of drug-likeness (QED) is 0.871. The van der Waals surface area contributed by atoms with Crippen LogP contribution in [-0.2, 0) is 0 Å². The predicted molar refractivity (Wildman–Crippen MR) is 74.5 cm³/mol. The maximum Gasteiger partial charge on any atom is 0.335 e. The van der Waals surface area contributed by atoms with Gasteiger partial charge in [-0.15, -0.1) is 0 Å². The van der Waals surface area contributed by atoms with Crippen molar-refractivity contribution in [1.82, 2.24) is 4.90 Å². The van der Waals surface area contributed by atoms with Crippen molar-refractivity contribution >= 4 is 17.7 Å². The van der Waals surface area contributed by atoms with Crippen molar-refractivity contribution in [2.75, 3.05) is 12.4 Å². The number of rotatable bonds is 5. The van der Waals surface area contributed by atoms with Gasteiger partial charge in [0.2, 0.25) is 0 Å². The number of amides is 2. The van der Waals surface area contributed by atoms with Crippen LogP contribution < -0.4 is 5.32 Å². The van der Waals surface area contributed by atoms with Crippen LogP contribution in [0.25, 0.3) is 0 Å². The number of benzene rings is 1. The number of carbonyl (C=O) groups is 2. The minimum absolute atomic E-state index is 0.0192. The van der Waals surface area contributed by atoms with Gasteiger partial charge >= 0.3 is 12.0 Å². The molecule has 1 unspecified atom stereocenters. The fourth-order valence-corrected chi connectivity index (χ4v) is 1.77. The van der Waals surface area contributed by atoms with Crippen LogP contribution in [0.5, 0.6) is 0 Å². The molecule has 1 aromatic rings. The highest BCUT2D eigenvalue weighted by Crippen LogP contribution is 2.17. The zero-order valence-corrected chi connectivity index (χ0v) is 11.8. The molecule has 0 bridgehead atoms. The maximum absolute atomic E-state index is 13.6. The van der Waals surface area contributed by atoms with Crippen molar-refractivity contribution in [3.63, 3.8) is 0 Å². The molecular weight excluding hydrogens is 263 g/mol. The van der Waals surface area contributed by atoms with Crippen LogP contribution in [0, 0.1) is 5.82 Å². The van der Waals surface area contributed by atoms with E-state index in [1.165, 1.54) is 4.90 Å². The number of carboxylic acids is 1. The van der Waals surface area contributed by atoms with Gasteiger partial charge in [-0.2, -0.15) is 0 Å². The Morgan fingerprint density at radius 3 is 2.65 bits per heavy atom. The molecule has 110 valence electrons. The van der Waals surface area contributed by atoms with Crippen LogP contribution in [-0.4, -0.2) is 35.1 Å². The SMILES string of the molecule is CCCC(C)N(C)C(=O)Nc1cc(C(=O)O)ccc1F. The van der Waals surface area contributed by atoms with E-state index in [9.17, 15) is 14.0 Å². The summed E-state index contributed by atoms with van der Waals surface area (Å²) in [5.41, 5.74) is -0.212. The molecule has 2 N–H and O–H groups in total. The largest absolute Gasteiger partial charge is 0.478 e. The van der Waals surface area contributed by atoms with Gasteiger partial charge in [0, 0.05) is 13.1 Å². The second kappa shape index (κ2) is 6.88. The summed E-state index contributed by atoms with van der Waals surface area (Å²) in [7, 11) is 1.62. The number of urea groups is 1. The van der Waals surface area contributed by atoms with Gasteiger partial charge in [0.25, 0.3) is 0 Å². The standard InChI is InChI=1S/C14H19FN2O3/c1-4-5-9(2)17(3)14(20)16-12-8-10(13(18)19)6-7-11(12)15/h6-9H,4-5H2,1-3H3,(H,16,20)(H,18,19). The second-order valence-corrected chi connectivity index (χ2v) is 4.68. The summed E-state index contributed by atoms with van der Waals surface area (Å²) in [5.74, 6) is -1.84. The molecule has 0 radical (unpaired) electrons. The van der Waals surface area contributed by atoms with E-state index in [0.29, 0.717) is 0 Å². The smallest absolute Gasteiger partial charge is 0.335 e. The third-order valence-corrected chi connectivity index (χ3v) is 3.14. The summed E-state index contributed by atoms with van der Waals surface area (Å²) >= 11 is 0. The summed E-state index contributed by atoms with van der Waals surface area (Å²) in [5, 5.41) is 11.2. The van der Waals surface area contributed by atoms with Gasteiger partial charge < -0.3 is 15.3 Å². The van der Waals surface area contributed by atoms with E-state index in [2.05, 4.69) is 5.32 Å². The van der Waals surface area contributed by atoms with Crippen LogP contribution in [0.15, 0.2) is 18.2 Å². The van der Waals surface area contributed by atoms with Gasteiger partial charge in [0.15, 0.2) is 0 Å². The van der Waals surface area contributed by atoms with Gasteiger partial charge in [-0.3, -0.25) is 0 Å².